The summed E-state index contributed by atoms with van der Waals surface area (Å²) in [4.78, 5) is 22.5. The number of amides is 1. The number of nitrogens with one attached hydrogen (secondary N) is 1. The van der Waals surface area contributed by atoms with Crippen LogP contribution < -0.4 is 5.32 Å². The van der Waals surface area contributed by atoms with Crippen LogP contribution in [-0.2, 0) is 0 Å². The highest BCUT2D eigenvalue weighted by atomic mass is 35.5. The highest BCUT2D eigenvalue weighted by Gasteiger charge is 2.53. The maximum Gasteiger partial charge on any atom is 0.271 e. The predicted octanol–water partition coefficient (Wildman–Crippen LogP) is 3.82. The molecule has 0 atom stereocenters. The van der Waals surface area contributed by atoms with Gasteiger partial charge in [-0.05, 0) is 37.0 Å². The predicted molar refractivity (Wildman–Crippen MR) is 79.8 cm³/mol. The molecule has 112 valence electrons. The van der Waals surface area contributed by atoms with E-state index in [1.54, 1.807) is 0 Å². The van der Waals surface area contributed by atoms with Gasteiger partial charge < -0.3 is 5.32 Å². The Kier molecular flexibility index (Phi) is 3.58. The van der Waals surface area contributed by atoms with Crippen molar-refractivity contribution < 1.29 is 9.72 Å². The Morgan fingerprint density at radius 1 is 1.38 bits per heavy atom. The molecule has 1 N–H and O–H groups in total. The highest BCUT2D eigenvalue weighted by molar-refractivity contribution is 6.44. The van der Waals surface area contributed by atoms with Gasteiger partial charge in [0.15, 0.2) is 0 Å². The molecule has 21 heavy (non-hydrogen) atoms. The maximum atomic E-state index is 12.2. The lowest BCUT2D eigenvalue weighted by Crippen LogP contribution is -2.31. The van der Waals surface area contributed by atoms with Crippen molar-refractivity contribution in [2.24, 2.45) is 11.3 Å². The van der Waals surface area contributed by atoms with Crippen molar-refractivity contribution in [3.63, 3.8) is 0 Å². The van der Waals surface area contributed by atoms with E-state index in [0.29, 0.717) is 6.54 Å². The van der Waals surface area contributed by atoms with Crippen molar-refractivity contribution in [3.8, 4) is 0 Å². The molecule has 1 aromatic rings. The zero-order valence-electron chi connectivity index (χ0n) is 11.2. The standard InChI is InChI=1S/C14H14Cl2N2O3/c15-11-6-9(18(20)21)5-10(12(11)16)13(19)17-7-14(3-4-14)8-1-2-8/h5-6,8H,1-4,7H2,(H,17,19). The Bertz CT molecular complexity index is 625. The largest absolute Gasteiger partial charge is 0.351 e. The van der Waals surface area contributed by atoms with Crippen LogP contribution in [0.2, 0.25) is 10.0 Å². The molecule has 1 amide bonds. The van der Waals surface area contributed by atoms with E-state index in [0.717, 1.165) is 24.8 Å². The van der Waals surface area contributed by atoms with E-state index < -0.39 is 10.8 Å². The fourth-order valence-electron chi connectivity index (χ4n) is 2.78. The third-order valence-corrected chi connectivity index (χ3v) is 5.21. The number of nitro groups is 1. The molecule has 2 saturated carbocycles. The molecule has 2 aliphatic carbocycles. The van der Waals surface area contributed by atoms with Gasteiger partial charge in [-0.1, -0.05) is 23.2 Å². The number of benzene rings is 1. The number of hydrogen-bond donors (Lipinski definition) is 1. The van der Waals surface area contributed by atoms with Gasteiger partial charge >= 0.3 is 0 Å². The van der Waals surface area contributed by atoms with Crippen molar-refractivity contribution in [2.75, 3.05) is 6.54 Å². The molecule has 0 saturated heterocycles. The van der Waals surface area contributed by atoms with Crippen molar-refractivity contribution in [1.29, 1.82) is 0 Å². The monoisotopic (exact) mass is 328 g/mol. The smallest absolute Gasteiger partial charge is 0.271 e. The van der Waals surface area contributed by atoms with E-state index in [1.165, 1.54) is 18.9 Å². The highest BCUT2D eigenvalue weighted by Crippen LogP contribution is 2.60. The van der Waals surface area contributed by atoms with Crippen LogP contribution in [-0.4, -0.2) is 17.4 Å². The zero-order chi connectivity index (χ0) is 15.2. The summed E-state index contributed by atoms with van der Waals surface area (Å²) in [6, 6.07) is 2.31. The Morgan fingerprint density at radius 2 is 2.05 bits per heavy atom. The van der Waals surface area contributed by atoms with Crippen LogP contribution in [0, 0.1) is 21.4 Å². The number of nitro benzene ring substituents is 1. The summed E-state index contributed by atoms with van der Waals surface area (Å²) in [6.45, 7) is 0.604. The van der Waals surface area contributed by atoms with E-state index in [2.05, 4.69) is 5.32 Å². The molecule has 1 aromatic carbocycles. The van der Waals surface area contributed by atoms with Crippen LogP contribution in [0.25, 0.3) is 0 Å². The number of nitrogens with zero attached hydrogens (tertiary/aromatic N) is 1. The Hall–Kier alpha value is -1.33. The summed E-state index contributed by atoms with van der Waals surface area (Å²) >= 11 is 11.8. The van der Waals surface area contributed by atoms with E-state index in [9.17, 15) is 14.9 Å². The van der Waals surface area contributed by atoms with E-state index >= 15 is 0 Å². The summed E-state index contributed by atoms with van der Waals surface area (Å²) < 4.78 is 0. The van der Waals surface area contributed by atoms with Crippen molar-refractivity contribution in [2.45, 2.75) is 25.7 Å². The second-order valence-electron chi connectivity index (χ2n) is 5.87. The van der Waals surface area contributed by atoms with Gasteiger partial charge in [0.25, 0.3) is 11.6 Å². The molecule has 2 aliphatic rings. The summed E-state index contributed by atoms with van der Waals surface area (Å²) in [5, 5.41) is 13.8. The third kappa shape index (κ3) is 2.85. The molecule has 5 nitrogen and oxygen atoms in total. The molecule has 0 spiro atoms. The molecule has 0 aromatic heterocycles. The molecule has 2 fully saturated rings. The molecule has 0 heterocycles. The molecule has 0 aliphatic heterocycles. The average molecular weight is 329 g/mol. The second kappa shape index (κ2) is 5.14. The Labute approximate surface area is 131 Å². The zero-order valence-corrected chi connectivity index (χ0v) is 12.7. The summed E-state index contributed by atoms with van der Waals surface area (Å²) in [7, 11) is 0. The SMILES string of the molecule is O=C(NCC1(C2CC2)CC1)c1cc([N+](=O)[O-])cc(Cl)c1Cl. The molecule has 7 heteroatoms. The van der Waals surface area contributed by atoms with Crippen LogP contribution >= 0.6 is 23.2 Å². The average Bonchev–Trinajstić information content (AvgIpc) is 3.30. The number of carbonyl (C=O) groups is 1. The lowest BCUT2D eigenvalue weighted by molar-refractivity contribution is -0.384. The van der Waals surface area contributed by atoms with E-state index in [1.807, 2.05) is 0 Å². The summed E-state index contributed by atoms with van der Waals surface area (Å²) in [6.07, 6.45) is 4.75. The summed E-state index contributed by atoms with van der Waals surface area (Å²) in [5.74, 6) is 0.319. The molecular formula is C14H14Cl2N2O3. The number of halogens is 2. The van der Waals surface area contributed by atoms with Gasteiger partial charge in [0.1, 0.15) is 0 Å². The number of hydrogen-bond acceptors (Lipinski definition) is 3. The van der Waals surface area contributed by atoms with E-state index in [-0.39, 0.29) is 26.7 Å². The minimum Gasteiger partial charge on any atom is -0.351 e. The van der Waals surface area contributed by atoms with Crippen LogP contribution in [0.4, 0.5) is 5.69 Å². The molecule has 3 rings (SSSR count). The third-order valence-electron chi connectivity index (χ3n) is 4.41. The fourth-order valence-corrected chi connectivity index (χ4v) is 3.19. The lowest BCUT2D eigenvalue weighted by Gasteiger charge is -2.15. The van der Waals surface area contributed by atoms with E-state index in [4.69, 9.17) is 23.2 Å². The summed E-state index contributed by atoms with van der Waals surface area (Å²) in [5.41, 5.74) is 0.0764. The van der Waals surface area contributed by atoms with Crippen molar-refractivity contribution in [3.05, 3.63) is 37.9 Å². The number of rotatable bonds is 5. The van der Waals surface area contributed by atoms with Gasteiger partial charge in [-0.3, -0.25) is 14.9 Å². The first-order chi connectivity index (χ1) is 9.93. The van der Waals surface area contributed by atoms with Crippen molar-refractivity contribution >= 4 is 34.8 Å². The topological polar surface area (TPSA) is 72.2 Å². The van der Waals surface area contributed by atoms with Crippen LogP contribution in [0.5, 0.6) is 0 Å². The maximum absolute atomic E-state index is 12.2. The number of non-ortho nitro benzene ring substituents is 1. The normalized spacial score (nSPS) is 19.1. The molecule has 0 radical (unpaired) electrons. The first-order valence-corrected chi connectivity index (χ1v) is 7.60. The Morgan fingerprint density at radius 3 is 2.57 bits per heavy atom. The van der Waals surface area contributed by atoms with Crippen LogP contribution in [0.15, 0.2) is 12.1 Å². The van der Waals surface area contributed by atoms with Gasteiger partial charge in [0, 0.05) is 18.7 Å². The van der Waals surface area contributed by atoms with Gasteiger partial charge in [0.2, 0.25) is 0 Å². The van der Waals surface area contributed by atoms with Crippen LogP contribution in [0.3, 0.4) is 0 Å². The quantitative estimate of drug-likeness (QED) is 0.659. The molecule has 0 bridgehead atoms. The van der Waals surface area contributed by atoms with Crippen LogP contribution in [0.1, 0.15) is 36.0 Å². The minimum atomic E-state index is -0.592. The van der Waals surface area contributed by atoms with Gasteiger partial charge in [-0.2, -0.15) is 0 Å². The molecule has 0 unspecified atom stereocenters. The fraction of sp³-hybridized carbons (Fsp3) is 0.500. The lowest BCUT2D eigenvalue weighted by atomic mass is 10.0. The molecular weight excluding hydrogens is 315 g/mol. The minimum absolute atomic E-state index is 0.0133. The van der Waals surface area contributed by atoms with Crippen molar-refractivity contribution in [1.82, 2.24) is 5.32 Å². The first kappa shape index (κ1) is 14.6. The Balaban J connectivity index is 1.76. The second-order valence-corrected chi connectivity index (χ2v) is 6.65. The first-order valence-electron chi connectivity index (χ1n) is 6.84. The van der Waals surface area contributed by atoms with Gasteiger partial charge in [-0.15, -0.1) is 0 Å². The van der Waals surface area contributed by atoms with Gasteiger partial charge in [0.05, 0.1) is 20.5 Å². The number of carbonyl (C=O) groups excluding carboxylic acids is 1. The van der Waals surface area contributed by atoms with Gasteiger partial charge in [-0.25, -0.2) is 0 Å².